The fourth-order valence-electron chi connectivity index (χ4n) is 4.42. The van der Waals surface area contributed by atoms with Gasteiger partial charge in [0.25, 0.3) is 11.8 Å². The van der Waals surface area contributed by atoms with E-state index in [4.69, 9.17) is 5.73 Å². The minimum Gasteiger partial charge on any atom is -0.477 e. The molecule has 5 rings (SSSR count). The molecule has 2 fully saturated rings. The predicted octanol–water partition coefficient (Wildman–Crippen LogP) is 0.396. The van der Waals surface area contributed by atoms with Gasteiger partial charge in [0.1, 0.15) is 22.8 Å². The van der Waals surface area contributed by atoms with Crippen LogP contribution in [0.25, 0.3) is 0 Å². The fraction of sp³-hybridized carbons (Fsp3) is 0.261. The zero-order valence-corrected chi connectivity index (χ0v) is 21.2. The van der Waals surface area contributed by atoms with E-state index in [0.717, 1.165) is 21.9 Å². The quantitative estimate of drug-likeness (QED) is 0.122. The van der Waals surface area contributed by atoms with Crippen molar-refractivity contribution in [3.05, 3.63) is 64.1 Å². The normalized spacial score (nSPS) is 22.5. The van der Waals surface area contributed by atoms with Gasteiger partial charge in [0.05, 0.1) is 12.2 Å². The minimum absolute atomic E-state index is 0.0470. The number of carboxylic acids is 1. The number of carboxylic acid groups (broad SMARTS) is 1. The molecule has 38 heavy (non-hydrogen) atoms. The minimum atomic E-state index is -1.31. The lowest BCUT2D eigenvalue weighted by Crippen LogP contribution is -2.71. The van der Waals surface area contributed by atoms with Crippen molar-refractivity contribution in [2.45, 2.75) is 24.4 Å². The third-order valence-electron chi connectivity index (χ3n) is 6.21. The molecule has 3 aliphatic rings. The van der Waals surface area contributed by atoms with Gasteiger partial charge in [0.2, 0.25) is 5.91 Å². The number of aromatic nitrogens is 2. The summed E-state index contributed by atoms with van der Waals surface area (Å²) in [6.45, 7) is 0.820. The molecule has 0 spiro atoms. The molecule has 3 amide bonds. The lowest BCUT2D eigenvalue weighted by Gasteiger charge is -2.49. The largest absolute Gasteiger partial charge is 0.477 e. The highest BCUT2D eigenvalue weighted by atomic mass is 32.2. The van der Waals surface area contributed by atoms with Crippen LogP contribution in [0.15, 0.2) is 57.9 Å². The summed E-state index contributed by atoms with van der Waals surface area (Å²) in [5.41, 5.74) is 6.52. The molecule has 2 aromatic heterocycles. The molecule has 5 N–H and O–H groups in total. The number of amides is 3. The summed E-state index contributed by atoms with van der Waals surface area (Å²) in [4.78, 5) is 61.7. The number of nitrogen functional groups attached to an aromatic ring is 1. The number of pyridine rings is 1. The van der Waals surface area contributed by atoms with Crippen LogP contribution in [0.3, 0.4) is 0 Å². The van der Waals surface area contributed by atoms with E-state index in [-0.39, 0.29) is 28.2 Å². The number of rotatable bonds is 7. The van der Waals surface area contributed by atoms with Crippen LogP contribution in [0.4, 0.5) is 5.13 Å². The zero-order chi connectivity index (χ0) is 27.0. The van der Waals surface area contributed by atoms with E-state index in [2.05, 4.69) is 20.4 Å². The zero-order valence-electron chi connectivity index (χ0n) is 19.6. The lowest BCUT2D eigenvalue weighted by molar-refractivity contribution is -0.150. The van der Waals surface area contributed by atoms with Crippen LogP contribution in [0.5, 0.6) is 0 Å². The van der Waals surface area contributed by atoms with Gasteiger partial charge in [-0.25, -0.2) is 9.78 Å². The Bertz CT molecular complexity index is 1420. The fourth-order valence-corrected chi connectivity index (χ4v) is 6.28. The summed E-state index contributed by atoms with van der Waals surface area (Å²) in [6, 6.07) is 4.42. The average Bonchev–Trinajstić information content (AvgIpc) is 3.48. The molecule has 0 radical (unpaired) electrons. The van der Waals surface area contributed by atoms with Gasteiger partial charge in [-0.05, 0) is 30.2 Å². The standard InChI is InChI=1S/C23H21N7O6S2/c24-23-26-14(10-38-23)15(28-36)18(31)27-16-20(33)30-17(22(34)35)12(9-37-21(16)30)7-11-4-6-29(19(11)32)8-13-3-1-2-5-25-13/h1-3,5,7,10,16,21,36H,4,6,8-9H2,(H2,24,26)(H,27,31)(H,34,35)/b11-7+,28-15-/t16-,21-/m1/s1. The van der Waals surface area contributed by atoms with Crippen LogP contribution in [0.1, 0.15) is 17.8 Å². The Morgan fingerprint density at radius 1 is 1.32 bits per heavy atom. The van der Waals surface area contributed by atoms with E-state index < -0.39 is 34.9 Å². The molecule has 3 aliphatic heterocycles. The van der Waals surface area contributed by atoms with Gasteiger partial charge in [-0.2, -0.15) is 0 Å². The molecule has 196 valence electrons. The third kappa shape index (κ3) is 4.61. The second-order valence-electron chi connectivity index (χ2n) is 8.53. The second kappa shape index (κ2) is 10.3. The van der Waals surface area contributed by atoms with Crippen molar-refractivity contribution in [1.29, 1.82) is 0 Å². The number of hydrogen-bond acceptors (Lipinski definition) is 11. The van der Waals surface area contributed by atoms with Crippen molar-refractivity contribution in [3.63, 3.8) is 0 Å². The summed E-state index contributed by atoms with van der Waals surface area (Å²) in [5, 5.41) is 25.6. The first-order valence-corrected chi connectivity index (χ1v) is 13.3. The molecule has 15 heteroatoms. The van der Waals surface area contributed by atoms with Gasteiger partial charge in [0.15, 0.2) is 10.8 Å². The summed E-state index contributed by atoms with van der Waals surface area (Å²) < 4.78 is 0. The Kier molecular flexibility index (Phi) is 6.86. The van der Waals surface area contributed by atoms with Crippen molar-refractivity contribution < 1.29 is 29.5 Å². The maximum absolute atomic E-state index is 13.0. The number of β-lactam (4-membered cyclic amide) rings is 1. The number of hydrogen-bond donors (Lipinski definition) is 4. The number of oxime groups is 1. The highest BCUT2D eigenvalue weighted by Gasteiger charge is 2.54. The second-order valence-corrected chi connectivity index (χ2v) is 10.5. The number of thioether (sulfide) groups is 1. The van der Waals surface area contributed by atoms with Gasteiger partial charge >= 0.3 is 5.97 Å². The molecular formula is C23H21N7O6S2. The summed E-state index contributed by atoms with van der Waals surface area (Å²) in [5.74, 6) is -2.79. The van der Waals surface area contributed by atoms with Crippen LogP contribution in [-0.2, 0) is 25.7 Å². The van der Waals surface area contributed by atoms with Gasteiger partial charge in [0, 0.05) is 29.4 Å². The number of anilines is 1. The SMILES string of the molecule is Nc1nc(/C(=N/O)C(=O)N[C@@H]2C(=O)N3C(C(=O)O)=C(/C=C4\CCN(Cc5ccccn5)C4=O)CS[C@H]23)cs1. The summed E-state index contributed by atoms with van der Waals surface area (Å²) in [6.07, 6.45) is 3.64. The van der Waals surface area contributed by atoms with Crippen LogP contribution in [0.2, 0.25) is 0 Å². The molecule has 0 saturated carbocycles. The topological polar surface area (TPSA) is 191 Å². The van der Waals surface area contributed by atoms with Crippen molar-refractivity contribution in [1.82, 2.24) is 25.1 Å². The first-order valence-electron chi connectivity index (χ1n) is 11.3. The number of thiazole rings is 1. The lowest BCUT2D eigenvalue weighted by atomic mass is 10.0. The molecule has 2 saturated heterocycles. The van der Waals surface area contributed by atoms with Gasteiger partial charge in [-0.1, -0.05) is 11.2 Å². The molecule has 0 aliphatic carbocycles. The van der Waals surface area contributed by atoms with E-state index in [1.807, 2.05) is 12.1 Å². The first-order chi connectivity index (χ1) is 18.3. The first kappa shape index (κ1) is 25.4. The van der Waals surface area contributed by atoms with Crippen molar-refractivity contribution in [3.8, 4) is 0 Å². The number of carbonyl (C=O) groups excluding carboxylic acids is 3. The Hall–Kier alpha value is -4.24. The summed E-state index contributed by atoms with van der Waals surface area (Å²) in [7, 11) is 0. The predicted molar refractivity (Wildman–Crippen MR) is 137 cm³/mol. The van der Waals surface area contributed by atoms with E-state index in [0.29, 0.717) is 30.7 Å². The highest BCUT2D eigenvalue weighted by Crippen LogP contribution is 2.41. The highest BCUT2D eigenvalue weighted by molar-refractivity contribution is 8.00. The molecule has 13 nitrogen and oxygen atoms in total. The van der Waals surface area contributed by atoms with E-state index in [1.54, 1.807) is 23.2 Å². The smallest absolute Gasteiger partial charge is 0.352 e. The number of likely N-dealkylation sites (tertiary alicyclic amines) is 1. The Morgan fingerprint density at radius 3 is 2.79 bits per heavy atom. The molecule has 0 aromatic carbocycles. The Labute approximate surface area is 223 Å². The number of nitrogens with one attached hydrogen (secondary N) is 1. The molecule has 5 heterocycles. The maximum Gasteiger partial charge on any atom is 0.352 e. The van der Waals surface area contributed by atoms with Crippen LogP contribution >= 0.6 is 23.1 Å². The molecule has 2 aromatic rings. The van der Waals surface area contributed by atoms with Crippen molar-refractivity contribution in [2.24, 2.45) is 5.16 Å². The van der Waals surface area contributed by atoms with Gasteiger partial charge in [-0.3, -0.25) is 24.3 Å². The number of nitrogens with two attached hydrogens (primary N) is 1. The molecular weight excluding hydrogens is 534 g/mol. The average molecular weight is 556 g/mol. The van der Waals surface area contributed by atoms with E-state index >= 15 is 0 Å². The van der Waals surface area contributed by atoms with Gasteiger partial charge < -0.3 is 26.3 Å². The van der Waals surface area contributed by atoms with E-state index in [1.165, 1.54) is 17.1 Å². The monoisotopic (exact) mass is 555 g/mol. The Morgan fingerprint density at radius 2 is 2.13 bits per heavy atom. The molecule has 0 bridgehead atoms. The number of aliphatic carboxylic acids is 1. The third-order valence-corrected chi connectivity index (χ3v) is 8.18. The number of fused-ring (bicyclic) bond motifs is 1. The van der Waals surface area contributed by atoms with Gasteiger partial charge in [-0.15, -0.1) is 23.1 Å². The number of nitrogens with zero attached hydrogens (tertiary/aromatic N) is 5. The van der Waals surface area contributed by atoms with E-state index in [9.17, 15) is 29.5 Å². The number of carbonyl (C=O) groups is 4. The maximum atomic E-state index is 13.0. The Balaban J connectivity index is 1.32. The number of allylic oxidation sites excluding steroid dienone is 1. The molecule has 0 unspecified atom stereocenters. The van der Waals surface area contributed by atoms with Crippen molar-refractivity contribution in [2.75, 3.05) is 18.0 Å². The summed E-state index contributed by atoms with van der Waals surface area (Å²) >= 11 is 2.31. The molecule has 2 atom stereocenters. The van der Waals surface area contributed by atoms with Crippen LogP contribution in [-0.4, -0.2) is 83.2 Å². The van der Waals surface area contributed by atoms with Crippen LogP contribution in [0, 0.1) is 0 Å². The van der Waals surface area contributed by atoms with Crippen molar-refractivity contribution >= 4 is 57.6 Å². The van der Waals surface area contributed by atoms with Crippen LogP contribution < -0.4 is 11.1 Å².